The molecule has 0 bridgehead atoms. The molecule has 17 atom stereocenters. The van der Waals surface area contributed by atoms with Crippen molar-refractivity contribution in [3.05, 3.63) is 158 Å². The second kappa shape index (κ2) is 64.3. The minimum Gasteiger partial charge on any atom is -0.394 e. The number of aliphatic hydroxyl groups excluding tert-OH is 11. The Hall–Kier alpha value is -4.59. The van der Waals surface area contributed by atoms with Gasteiger partial charge in [0.25, 0.3) is 0 Å². The van der Waals surface area contributed by atoms with E-state index >= 15 is 0 Å². The number of hydrogen-bond donors (Lipinski definition) is 12. The molecule has 0 radical (unpaired) electrons. The summed E-state index contributed by atoms with van der Waals surface area (Å²) in [5, 5.41) is 121. The van der Waals surface area contributed by atoms with E-state index in [9.17, 15) is 61.0 Å². The molecular weight excluding hydrogens is 1330 g/mol. The SMILES string of the molecule is CC/C=C\C/C=C\C/C=C\C/C=C\C/C=C\C/C=C\C/C=C\C/C=C\C/C=C\C/C=C\CCCCCCCCCCC(=O)NC(COC1OC(CO)C(OC2OC(CO)C(OC3OC(CO)C(O)C(O)C3O)C(O)C2O)C(O)C1O)C(O)/C=C/CC/C=C/CC/C=C/CCCCCCCCCCCCC. The lowest BCUT2D eigenvalue weighted by molar-refractivity contribution is -0.379. The zero-order chi connectivity index (χ0) is 76.0. The van der Waals surface area contributed by atoms with E-state index in [4.69, 9.17) is 28.4 Å². The molecule has 3 aliphatic rings. The number of carbonyl (C=O) groups excluding carboxylic acids is 1. The summed E-state index contributed by atoms with van der Waals surface area (Å²) in [6.45, 7) is 1.58. The maximum atomic E-state index is 13.5. The van der Waals surface area contributed by atoms with Gasteiger partial charge in [-0.15, -0.1) is 0 Å². The van der Waals surface area contributed by atoms with E-state index in [1.54, 1.807) is 6.08 Å². The Kier molecular flexibility index (Phi) is 57.9. The average Bonchev–Trinajstić information content (AvgIpc) is 0.780. The largest absolute Gasteiger partial charge is 0.394 e. The van der Waals surface area contributed by atoms with Crippen molar-refractivity contribution in [3.8, 4) is 0 Å². The number of carbonyl (C=O) groups is 1. The van der Waals surface area contributed by atoms with Gasteiger partial charge >= 0.3 is 0 Å². The number of aliphatic hydroxyl groups is 11. The van der Waals surface area contributed by atoms with Crippen LogP contribution in [0.1, 0.15) is 245 Å². The molecule has 3 aliphatic heterocycles. The van der Waals surface area contributed by atoms with Crippen LogP contribution < -0.4 is 5.32 Å². The van der Waals surface area contributed by atoms with Crippen molar-refractivity contribution in [2.45, 2.75) is 349 Å². The highest BCUT2D eigenvalue weighted by Gasteiger charge is 2.54. The van der Waals surface area contributed by atoms with Crippen molar-refractivity contribution in [2.24, 2.45) is 0 Å². The summed E-state index contributed by atoms with van der Waals surface area (Å²) in [7, 11) is 0. The van der Waals surface area contributed by atoms with Gasteiger partial charge in [0.15, 0.2) is 18.9 Å². The fourth-order valence-electron chi connectivity index (χ4n) is 12.4. The molecule has 0 aliphatic carbocycles. The minimum absolute atomic E-state index is 0.212. The highest BCUT2D eigenvalue weighted by molar-refractivity contribution is 5.76. The molecule has 0 aromatic rings. The number of rotatable bonds is 61. The number of allylic oxidation sites excluding steroid dienone is 25. The van der Waals surface area contributed by atoms with Crippen LogP contribution in [0.15, 0.2) is 158 Å². The molecular formula is C86H141NO18. The molecule has 0 aromatic heterocycles. The van der Waals surface area contributed by atoms with Gasteiger partial charge in [0.05, 0.1) is 38.6 Å². The van der Waals surface area contributed by atoms with E-state index in [2.05, 4.69) is 165 Å². The molecule has 17 unspecified atom stereocenters. The lowest BCUT2D eigenvalue weighted by Gasteiger charge is -2.48. The molecule has 0 aromatic carbocycles. The number of unbranched alkanes of at least 4 members (excludes halogenated alkanes) is 21. The van der Waals surface area contributed by atoms with E-state index in [1.165, 1.54) is 77.0 Å². The summed E-state index contributed by atoms with van der Waals surface area (Å²) in [6, 6.07) is -1.01. The summed E-state index contributed by atoms with van der Waals surface area (Å²) in [5.74, 6) is -0.304. The van der Waals surface area contributed by atoms with Crippen LogP contribution >= 0.6 is 0 Å². The van der Waals surface area contributed by atoms with E-state index in [-0.39, 0.29) is 18.9 Å². The van der Waals surface area contributed by atoms with Gasteiger partial charge in [-0.3, -0.25) is 4.79 Å². The fraction of sp³-hybridized carbons (Fsp3) is 0.686. The quantitative estimate of drug-likeness (QED) is 0.0199. The van der Waals surface area contributed by atoms with Crippen LogP contribution in [-0.4, -0.2) is 193 Å². The fourth-order valence-corrected chi connectivity index (χ4v) is 12.4. The van der Waals surface area contributed by atoms with Crippen LogP contribution in [0.4, 0.5) is 0 Å². The van der Waals surface area contributed by atoms with Gasteiger partial charge in [-0.1, -0.05) is 275 Å². The van der Waals surface area contributed by atoms with E-state index in [1.807, 2.05) is 6.08 Å². The van der Waals surface area contributed by atoms with Gasteiger partial charge < -0.3 is 89.9 Å². The minimum atomic E-state index is -1.99. The van der Waals surface area contributed by atoms with Crippen LogP contribution in [-0.2, 0) is 33.2 Å². The highest BCUT2D eigenvalue weighted by atomic mass is 16.8. The van der Waals surface area contributed by atoms with E-state index in [0.29, 0.717) is 12.8 Å². The van der Waals surface area contributed by atoms with Crippen LogP contribution in [0.25, 0.3) is 0 Å². The Morgan fingerprint density at radius 1 is 0.352 bits per heavy atom. The Morgan fingerprint density at radius 3 is 1.07 bits per heavy atom. The zero-order valence-corrected chi connectivity index (χ0v) is 63.9. The van der Waals surface area contributed by atoms with Gasteiger partial charge in [-0.05, 0) is 122 Å². The number of hydrogen-bond acceptors (Lipinski definition) is 18. The molecule has 1 amide bonds. The third kappa shape index (κ3) is 44.0. The molecule has 3 saturated heterocycles. The maximum absolute atomic E-state index is 13.5. The molecule has 19 nitrogen and oxygen atoms in total. The molecule has 3 rings (SSSR count). The van der Waals surface area contributed by atoms with Gasteiger partial charge in [0, 0.05) is 6.42 Å². The Labute approximate surface area is 631 Å². The predicted molar refractivity (Wildman–Crippen MR) is 419 cm³/mol. The first-order chi connectivity index (χ1) is 51.3. The lowest BCUT2D eigenvalue weighted by atomic mass is 9.96. The molecule has 3 fully saturated rings. The first kappa shape index (κ1) is 94.6. The average molecular weight is 1480 g/mol. The molecule has 3 heterocycles. The van der Waals surface area contributed by atoms with Crippen molar-refractivity contribution >= 4 is 5.91 Å². The monoisotopic (exact) mass is 1480 g/mol. The van der Waals surface area contributed by atoms with Crippen LogP contribution in [0.5, 0.6) is 0 Å². The third-order valence-corrected chi connectivity index (χ3v) is 18.8. The second-order valence-electron chi connectivity index (χ2n) is 27.8. The smallest absolute Gasteiger partial charge is 0.220 e. The van der Waals surface area contributed by atoms with Crippen molar-refractivity contribution in [1.82, 2.24) is 5.32 Å². The predicted octanol–water partition coefficient (Wildman–Crippen LogP) is 13.6. The van der Waals surface area contributed by atoms with Crippen molar-refractivity contribution in [3.63, 3.8) is 0 Å². The first-order valence-electron chi connectivity index (χ1n) is 40.2. The molecule has 598 valence electrons. The van der Waals surface area contributed by atoms with E-state index in [0.717, 1.165) is 135 Å². The summed E-state index contributed by atoms with van der Waals surface area (Å²) >= 11 is 0. The van der Waals surface area contributed by atoms with Gasteiger partial charge in [-0.25, -0.2) is 0 Å². The Balaban J connectivity index is 1.38. The van der Waals surface area contributed by atoms with Gasteiger partial charge in [0.2, 0.25) is 5.91 Å². The Morgan fingerprint density at radius 2 is 0.667 bits per heavy atom. The number of nitrogens with one attached hydrogen (secondary N) is 1. The first-order valence-corrected chi connectivity index (χ1v) is 40.2. The second-order valence-corrected chi connectivity index (χ2v) is 27.8. The molecule has 105 heavy (non-hydrogen) atoms. The van der Waals surface area contributed by atoms with Crippen LogP contribution in [0.3, 0.4) is 0 Å². The van der Waals surface area contributed by atoms with Crippen LogP contribution in [0, 0.1) is 0 Å². The van der Waals surface area contributed by atoms with Crippen LogP contribution in [0.2, 0.25) is 0 Å². The highest BCUT2D eigenvalue weighted by Crippen LogP contribution is 2.33. The third-order valence-electron chi connectivity index (χ3n) is 18.8. The number of ether oxygens (including phenoxy) is 6. The maximum Gasteiger partial charge on any atom is 0.220 e. The molecule has 0 saturated carbocycles. The van der Waals surface area contributed by atoms with E-state index < -0.39 is 124 Å². The molecule has 0 spiro atoms. The summed E-state index contributed by atoms with van der Waals surface area (Å²) < 4.78 is 34.4. The number of amides is 1. The van der Waals surface area contributed by atoms with Crippen molar-refractivity contribution in [2.75, 3.05) is 26.4 Å². The summed E-state index contributed by atoms with van der Waals surface area (Å²) in [5.41, 5.74) is 0. The summed E-state index contributed by atoms with van der Waals surface area (Å²) in [6.07, 6.45) is 67.9. The standard InChI is InChI=1S/C86H141NO18/c1-3-5-7-9-11-13-15-17-19-21-23-25-26-27-28-29-30-31-32-33-34-35-36-37-38-39-40-41-42-44-46-48-50-52-54-56-58-60-62-64-74(92)87-69(70(91)63-61-59-57-55-53-51-49-47-45-43-24-22-20-18-16-14-12-10-8-6-4-2)68-100-84-80(98)77(95)82(72(66-89)102-84)105-86-81(99)78(96)83(73(67-90)103-86)104-85-79(97)76(94)75(93)71(65-88)101-85/h5,7,11,13,17,19,23,25,27-28,30-31,33-34,36-37,39-40,42,44-45,47,53,55,61,63,69-73,75-86,88-91,93-99H,3-4,6,8-10,12,14-16,18,20-22,24,26,29,32,35,38,41,43,46,48-52,54,56-60,62,64-68H2,1-2H3,(H,87,92)/b7-5-,13-11-,19-17-,25-23-,28-27-,31-30-,34-33-,37-36-,40-39-,44-42-,47-45+,55-53+,63-61+. The molecule has 19 heteroatoms. The normalized spacial score (nSPS) is 26.7. The van der Waals surface area contributed by atoms with Crippen molar-refractivity contribution in [1.29, 1.82) is 0 Å². The van der Waals surface area contributed by atoms with Crippen molar-refractivity contribution < 1.29 is 89.4 Å². The zero-order valence-electron chi connectivity index (χ0n) is 63.9. The van der Waals surface area contributed by atoms with Gasteiger partial charge in [-0.2, -0.15) is 0 Å². The molecule has 12 N–H and O–H groups in total. The topological polar surface area (TPSA) is 307 Å². The van der Waals surface area contributed by atoms with Gasteiger partial charge in [0.1, 0.15) is 73.2 Å². The Bertz CT molecular complexity index is 2520. The lowest BCUT2D eigenvalue weighted by Crippen LogP contribution is -2.66. The summed E-state index contributed by atoms with van der Waals surface area (Å²) in [4.78, 5) is 13.5.